The van der Waals surface area contributed by atoms with Crippen LogP contribution in [0.1, 0.15) is 37.9 Å². The standard InChI is InChI=1S/C13H22N4/c14-13(4-2-1-3-5-13)11-16-8-9-17-7-6-15-12(17)10-16/h6-7H,1-5,8-11,14H2. The molecule has 1 aromatic rings. The first kappa shape index (κ1) is 11.2. The lowest BCUT2D eigenvalue weighted by Gasteiger charge is -2.39. The lowest BCUT2D eigenvalue weighted by atomic mass is 9.82. The van der Waals surface area contributed by atoms with Crippen molar-refractivity contribution in [1.29, 1.82) is 0 Å². The minimum absolute atomic E-state index is 0.0625. The van der Waals surface area contributed by atoms with E-state index >= 15 is 0 Å². The zero-order valence-corrected chi connectivity index (χ0v) is 10.4. The molecule has 1 aliphatic heterocycles. The Balaban J connectivity index is 1.63. The Hall–Kier alpha value is -0.870. The van der Waals surface area contributed by atoms with E-state index in [9.17, 15) is 0 Å². The van der Waals surface area contributed by atoms with Crippen molar-refractivity contribution in [1.82, 2.24) is 14.5 Å². The summed E-state index contributed by atoms with van der Waals surface area (Å²) in [6, 6.07) is 0. The van der Waals surface area contributed by atoms with Gasteiger partial charge in [-0.2, -0.15) is 0 Å². The second-order valence-corrected chi connectivity index (χ2v) is 5.67. The molecule has 0 unspecified atom stereocenters. The molecule has 2 aliphatic rings. The number of rotatable bonds is 2. The van der Waals surface area contributed by atoms with Crippen molar-refractivity contribution in [3.05, 3.63) is 18.2 Å². The van der Waals surface area contributed by atoms with Gasteiger partial charge >= 0.3 is 0 Å². The lowest BCUT2D eigenvalue weighted by molar-refractivity contribution is 0.143. The summed E-state index contributed by atoms with van der Waals surface area (Å²) in [7, 11) is 0. The van der Waals surface area contributed by atoms with Gasteiger partial charge < -0.3 is 10.3 Å². The fraction of sp³-hybridized carbons (Fsp3) is 0.769. The number of fused-ring (bicyclic) bond motifs is 1. The second kappa shape index (κ2) is 4.42. The molecule has 1 fully saturated rings. The molecule has 3 rings (SSSR count). The third-order valence-electron chi connectivity index (χ3n) is 4.21. The van der Waals surface area contributed by atoms with E-state index in [1.165, 1.54) is 37.9 Å². The molecule has 4 nitrogen and oxygen atoms in total. The fourth-order valence-electron chi connectivity index (χ4n) is 3.22. The Morgan fingerprint density at radius 3 is 2.88 bits per heavy atom. The van der Waals surface area contributed by atoms with E-state index in [0.29, 0.717) is 0 Å². The molecule has 0 aromatic carbocycles. The number of hydrogen-bond acceptors (Lipinski definition) is 3. The Morgan fingerprint density at radius 2 is 2.06 bits per heavy atom. The Bertz CT molecular complexity index is 379. The Morgan fingerprint density at radius 1 is 1.24 bits per heavy atom. The highest BCUT2D eigenvalue weighted by Crippen LogP contribution is 2.27. The summed E-state index contributed by atoms with van der Waals surface area (Å²) in [4.78, 5) is 6.88. The minimum atomic E-state index is 0.0625. The number of nitrogens with zero attached hydrogens (tertiary/aromatic N) is 3. The molecule has 1 aliphatic carbocycles. The number of hydrogen-bond donors (Lipinski definition) is 1. The van der Waals surface area contributed by atoms with E-state index < -0.39 is 0 Å². The smallest absolute Gasteiger partial charge is 0.122 e. The quantitative estimate of drug-likeness (QED) is 0.840. The maximum Gasteiger partial charge on any atom is 0.122 e. The fourth-order valence-corrected chi connectivity index (χ4v) is 3.22. The molecule has 2 N–H and O–H groups in total. The van der Waals surface area contributed by atoms with Crippen molar-refractivity contribution >= 4 is 0 Å². The molecule has 17 heavy (non-hydrogen) atoms. The monoisotopic (exact) mass is 234 g/mol. The van der Waals surface area contributed by atoms with Gasteiger partial charge in [-0.15, -0.1) is 0 Å². The van der Waals surface area contributed by atoms with Crippen LogP contribution in [0, 0.1) is 0 Å². The van der Waals surface area contributed by atoms with Gasteiger partial charge in [-0.1, -0.05) is 19.3 Å². The van der Waals surface area contributed by atoms with Crippen LogP contribution >= 0.6 is 0 Å². The van der Waals surface area contributed by atoms with Gasteiger partial charge in [0.15, 0.2) is 0 Å². The maximum absolute atomic E-state index is 6.52. The molecule has 4 heteroatoms. The predicted octanol–water partition coefficient (Wildman–Crippen LogP) is 1.36. The van der Waals surface area contributed by atoms with Crippen LogP contribution in [0.5, 0.6) is 0 Å². The molecule has 0 bridgehead atoms. The SMILES string of the molecule is NC1(CN2CCn3ccnc3C2)CCCCC1. The third-order valence-corrected chi connectivity index (χ3v) is 4.21. The average molecular weight is 234 g/mol. The van der Waals surface area contributed by atoms with E-state index in [2.05, 4.69) is 20.6 Å². The number of aromatic nitrogens is 2. The minimum Gasteiger partial charge on any atom is -0.333 e. The zero-order chi connectivity index (χ0) is 11.7. The summed E-state index contributed by atoms with van der Waals surface area (Å²) in [6.45, 7) is 4.18. The van der Waals surface area contributed by atoms with E-state index in [1.807, 2.05) is 6.20 Å². The Labute approximate surface area is 103 Å². The summed E-state index contributed by atoms with van der Waals surface area (Å²) in [6.07, 6.45) is 10.3. The highest BCUT2D eigenvalue weighted by molar-refractivity contribution is 4.98. The van der Waals surface area contributed by atoms with E-state index in [0.717, 1.165) is 26.2 Å². The van der Waals surface area contributed by atoms with Gasteiger partial charge in [-0.05, 0) is 12.8 Å². The zero-order valence-electron chi connectivity index (χ0n) is 10.4. The van der Waals surface area contributed by atoms with Gasteiger partial charge in [0.1, 0.15) is 5.82 Å². The maximum atomic E-state index is 6.52. The largest absolute Gasteiger partial charge is 0.333 e. The third kappa shape index (κ3) is 2.38. The summed E-state index contributed by atoms with van der Waals surface area (Å²) >= 11 is 0. The van der Waals surface area contributed by atoms with Gasteiger partial charge in [0.25, 0.3) is 0 Å². The lowest BCUT2D eigenvalue weighted by Crippen LogP contribution is -2.52. The molecule has 0 saturated heterocycles. The van der Waals surface area contributed by atoms with E-state index in [1.54, 1.807) is 0 Å². The Kier molecular flexibility index (Phi) is 2.92. The van der Waals surface area contributed by atoms with Crippen LogP contribution in [0.3, 0.4) is 0 Å². The van der Waals surface area contributed by atoms with Gasteiger partial charge in [0.2, 0.25) is 0 Å². The van der Waals surface area contributed by atoms with Gasteiger partial charge in [0.05, 0.1) is 6.54 Å². The molecule has 2 heterocycles. The molecule has 1 saturated carbocycles. The number of nitrogens with two attached hydrogens (primary N) is 1. The normalized spacial score (nSPS) is 24.5. The molecule has 1 aromatic heterocycles. The number of imidazole rings is 1. The van der Waals surface area contributed by atoms with Crippen LogP contribution in [0.4, 0.5) is 0 Å². The van der Waals surface area contributed by atoms with Crippen LogP contribution in [0.2, 0.25) is 0 Å². The van der Waals surface area contributed by atoms with Crippen LogP contribution in [-0.2, 0) is 13.1 Å². The topological polar surface area (TPSA) is 47.1 Å². The highest BCUT2D eigenvalue weighted by Gasteiger charge is 2.30. The van der Waals surface area contributed by atoms with Crippen molar-refractivity contribution in [3.63, 3.8) is 0 Å². The molecular weight excluding hydrogens is 212 g/mol. The first-order valence-corrected chi connectivity index (χ1v) is 6.76. The highest BCUT2D eigenvalue weighted by atomic mass is 15.2. The first-order valence-electron chi connectivity index (χ1n) is 6.76. The molecule has 94 valence electrons. The first-order chi connectivity index (χ1) is 8.25. The summed E-state index contributed by atoms with van der Waals surface area (Å²) in [5.41, 5.74) is 6.58. The van der Waals surface area contributed by atoms with Crippen LogP contribution in [-0.4, -0.2) is 33.1 Å². The summed E-state index contributed by atoms with van der Waals surface area (Å²) < 4.78 is 2.25. The van der Waals surface area contributed by atoms with Crippen molar-refractivity contribution in [2.45, 2.75) is 50.7 Å². The summed E-state index contributed by atoms with van der Waals surface area (Å²) in [5, 5.41) is 0. The summed E-state index contributed by atoms with van der Waals surface area (Å²) in [5.74, 6) is 1.19. The van der Waals surface area contributed by atoms with Crippen molar-refractivity contribution in [2.75, 3.05) is 13.1 Å². The molecular formula is C13H22N4. The van der Waals surface area contributed by atoms with E-state index in [-0.39, 0.29) is 5.54 Å². The second-order valence-electron chi connectivity index (χ2n) is 5.67. The van der Waals surface area contributed by atoms with Gasteiger partial charge in [0, 0.05) is 37.6 Å². The molecule has 0 spiro atoms. The molecule has 0 radical (unpaired) electrons. The van der Waals surface area contributed by atoms with Crippen LogP contribution in [0.25, 0.3) is 0 Å². The average Bonchev–Trinajstić information content (AvgIpc) is 2.76. The van der Waals surface area contributed by atoms with Gasteiger partial charge in [-0.25, -0.2) is 4.98 Å². The van der Waals surface area contributed by atoms with Crippen LogP contribution < -0.4 is 5.73 Å². The van der Waals surface area contributed by atoms with Crippen molar-refractivity contribution < 1.29 is 0 Å². The van der Waals surface area contributed by atoms with Gasteiger partial charge in [-0.3, -0.25) is 4.90 Å². The van der Waals surface area contributed by atoms with E-state index in [4.69, 9.17) is 5.73 Å². The molecule has 0 atom stereocenters. The van der Waals surface area contributed by atoms with Crippen LogP contribution in [0.15, 0.2) is 12.4 Å². The van der Waals surface area contributed by atoms with Crippen molar-refractivity contribution in [2.24, 2.45) is 5.73 Å². The van der Waals surface area contributed by atoms with Crippen molar-refractivity contribution in [3.8, 4) is 0 Å². The predicted molar refractivity (Wildman–Crippen MR) is 67.5 cm³/mol. The molecule has 0 amide bonds.